The maximum absolute atomic E-state index is 11.6. The average Bonchev–Trinajstić information content (AvgIpc) is 2.79. The van der Waals surface area contributed by atoms with Gasteiger partial charge in [-0.3, -0.25) is 10.2 Å². The first-order chi connectivity index (χ1) is 14.7. The first kappa shape index (κ1) is 19.2. The number of benzene rings is 2. The zero-order valence-corrected chi connectivity index (χ0v) is 16.2. The van der Waals surface area contributed by atoms with Crippen LogP contribution in [0, 0.1) is 11.3 Å². The zero-order valence-electron chi connectivity index (χ0n) is 15.5. The molecule has 1 N–H and O–H groups in total. The predicted molar refractivity (Wildman–Crippen MR) is 114 cm³/mol. The van der Waals surface area contributed by atoms with Crippen LogP contribution in [-0.4, -0.2) is 16.4 Å². The molecule has 0 aliphatic carbocycles. The highest BCUT2D eigenvalue weighted by molar-refractivity contribution is 6.32. The van der Waals surface area contributed by atoms with Crippen molar-refractivity contribution in [2.75, 3.05) is 10.4 Å². The smallest absolute Gasteiger partial charge is 0.234 e. The first-order valence-corrected chi connectivity index (χ1v) is 9.23. The van der Waals surface area contributed by atoms with Crippen molar-refractivity contribution in [1.82, 2.24) is 9.97 Å². The van der Waals surface area contributed by atoms with Gasteiger partial charge in [-0.1, -0.05) is 35.9 Å². The van der Waals surface area contributed by atoms with Crippen LogP contribution >= 0.6 is 11.6 Å². The lowest BCUT2D eigenvalue weighted by Crippen LogP contribution is -2.28. The van der Waals surface area contributed by atoms with Crippen molar-refractivity contribution in [3.05, 3.63) is 83.8 Å². The number of anilines is 2. The van der Waals surface area contributed by atoms with Crippen molar-refractivity contribution in [3.8, 4) is 17.6 Å². The summed E-state index contributed by atoms with van der Waals surface area (Å²) in [4.78, 5) is 19.9. The lowest BCUT2D eigenvalue weighted by Gasteiger charge is -2.19. The second kappa shape index (κ2) is 8.47. The summed E-state index contributed by atoms with van der Waals surface area (Å²) in [5.41, 5.74) is 3.78. The Morgan fingerprint density at radius 3 is 2.67 bits per heavy atom. The van der Waals surface area contributed by atoms with Crippen molar-refractivity contribution in [2.24, 2.45) is 0 Å². The number of hydrazine groups is 1. The molecule has 0 atom stereocenters. The molecule has 0 saturated carbocycles. The fourth-order valence-electron chi connectivity index (χ4n) is 2.80. The van der Waals surface area contributed by atoms with E-state index in [0.717, 1.165) is 10.8 Å². The predicted octanol–water partition coefficient (Wildman–Crippen LogP) is 4.94. The number of nitriles is 1. The Balaban J connectivity index is 1.54. The van der Waals surface area contributed by atoms with E-state index in [1.807, 2.05) is 36.4 Å². The van der Waals surface area contributed by atoms with Crippen molar-refractivity contribution in [3.63, 3.8) is 0 Å². The molecule has 30 heavy (non-hydrogen) atoms. The number of nitrogens with one attached hydrogen (secondary N) is 1. The molecule has 8 heteroatoms. The number of aromatic nitrogens is 2. The van der Waals surface area contributed by atoms with Gasteiger partial charge in [0.05, 0.1) is 10.7 Å². The highest BCUT2D eigenvalue weighted by Crippen LogP contribution is 2.32. The molecule has 0 aliphatic rings. The van der Waals surface area contributed by atoms with Crippen LogP contribution in [0.2, 0.25) is 5.02 Å². The van der Waals surface area contributed by atoms with Gasteiger partial charge in [0.15, 0.2) is 5.82 Å². The number of hydrogen-bond donors (Lipinski definition) is 1. The van der Waals surface area contributed by atoms with Crippen LogP contribution in [0.1, 0.15) is 5.69 Å². The van der Waals surface area contributed by atoms with Crippen LogP contribution in [0.3, 0.4) is 0 Å². The van der Waals surface area contributed by atoms with Gasteiger partial charge in [-0.15, -0.1) is 0 Å². The molecule has 4 rings (SSSR count). The van der Waals surface area contributed by atoms with E-state index in [1.165, 1.54) is 17.3 Å². The summed E-state index contributed by atoms with van der Waals surface area (Å²) in [6.07, 6.45) is 3.82. The largest absolute Gasteiger partial charge is 0.456 e. The number of carbonyl (C=O) groups excluding carboxylic acids is 1. The second-order valence-corrected chi connectivity index (χ2v) is 6.62. The maximum Gasteiger partial charge on any atom is 0.234 e. The number of halogens is 1. The summed E-state index contributed by atoms with van der Waals surface area (Å²) < 4.78 is 5.72. The summed E-state index contributed by atoms with van der Waals surface area (Å²) in [6.45, 7) is 0. The van der Waals surface area contributed by atoms with Gasteiger partial charge in [-0.2, -0.15) is 5.26 Å². The number of ether oxygens (including phenoxy) is 1. The van der Waals surface area contributed by atoms with Crippen LogP contribution in [0.15, 0.2) is 73.1 Å². The maximum atomic E-state index is 11.6. The molecule has 7 nitrogen and oxygen atoms in total. The minimum absolute atomic E-state index is 0.242. The topological polar surface area (TPSA) is 91.1 Å². The molecule has 2 aromatic heterocycles. The van der Waals surface area contributed by atoms with Gasteiger partial charge in [0, 0.05) is 23.8 Å². The fraction of sp³-hybridized carbons (Fsp3) is 0. The Morgan fingerprint density at radius 1 is 1.07 bits per heavy atom. The zero-order chi connectivity index (χ0) is 20.9. The highest BCUT2D eigenvalue weighted by Gasteiger charge is 2.11. The lowest BCUT2D eigenvalue weighted by molar-refractivity contribution is -0.107. The van der Waals surface area contributed by atoms with Gasteiger partial charge in [0.2, 0.25) is 6.41 Å². The van der Waals surface area contributed by atoms with E-state index in [-0.39, 0.29) is 5.69 Å². The van der Waals surface area contributed by atoms with Gasteiger partial charge in [-0.05, 0) is 35.7 Å². The summed E-state index contributed by atoms with van der Waals surface area (Å²) in [5.74, 6) is 1.29. The Morgan fingerprint density at radius 2 is 1.90 bits per heavy atom. The Labute approximate surface area is 177 Å². The lowest BCUT2D eigenvalue weighted by atomic mass is 10.2. The third-order valence-electron chi connectivity index (χ3n) is 4.22. The number of rotatable bonds is 6. The Bertz CT molecular complexity index is 1270. The van der Waals surface area contributed by atoms with Gasteiger partial charge < -0.3 is 4.74 Å². The minimum atomic E-state index is 0.242. The van der Waals surface area contributed by atoms with Gasteiger partial charge >= 0.3 is 0 Å². The average molecular weight is 416 g/mol. The van der Waals surface area contributed by atoms with Crippen molar-refractivity contribution in [1.29, 1.82) is 5.26 Å². The molecule has 0 spiro atoms. The summed E-state index contributed by atoms with van der Waals surface area (Å²) in [5, 5.41) is 12.5. The number of fused-ring (bicyclic) bond motifs is 1. The molecule has 0 saturated heterocycles. The fourth-order valence-corrected chi connectivity index (χ4v) is 3.02. The molecule has 0 aliphatic heterocycles. The van der Waals surface area contributed by atoms with Crippen LogP contribution in [0.4, 0.5) is 11.5 Å². The van der Waals surface area contributed by atoms with Crippen molar-refractivity contribution >= 4 is 40.3 Å². The molecule has 4 aromatic rings. The molecule has 0 unspecified atom stereocenters. The van der Waals surface area contributed by atoms with E-state index in [0.29, 0.717) is 34.4 Å². The Hall–Kier alpha value is -4.15. The van der Waals surface area contributed by atoms with Gasteiger partial charge in [0.1, 0.15) is 23.3 Å². The monoisotopic (exact) mass is 415 g/mol. The number of hydrogen-bond acceptors (Lipinski definition) is 6. The molecular formula is C22H14ClN5O2. The van der Waals surface area contributed by atoms with E-state index in [4.69, 9.17) is 21.6 Å². The number of carbonyl (C=O) groups is 1. The van der Waals surface area contributed by atoms with E-state index < -0.39 is 0 Å². The first-order valence-electron chi connectivity index (χ1n) is 8.86. The van der Waals surface area contributed by atoms with Crippen molar-refractivity contribution < 1.29 is 9.53 Å². The quantitative estimate of drug-likeness (QED) is 0.354. The number of amides is 1. The highest BCUT2D eigenvalue weighted by atomic mass is 35.5. The third-order valence-corrected chi connectivity index (χ3v) is 4.52. The number of nitrogens with zero attached hydrogens (tertiary/aromatic N) is 4. The molecule has 146 valence electrons. The molecule has 2 aromatic carbocycles. The number of pyridine rings is 2. The SMILES string of the molecule is N#Cc1cc(Oc2ccc(NN(C=O)c3cc4ccccc4cn3)cc2Cl)ccn1. The van der Waals surface area contributed by atoms with E-state index >= 15 is 0 Å². The van der Waals surface area contributed by atoms with E-state index in [9.17, 15) is 4.79 Å². The second-order valence-electron chi connectivity index (χ2n) is 6.21. The van der Waals surface area contributed by atoms with Gasteiger partial charge in [-0.25, -0.2) is 15.0 Å². The summed E-state index contributed by atoms with van der Waals surface area (Å²) in [7, 11) is 0. The molecular weight excluding hydrogens is 402 g/mol. The van der Waals surface area contributed by atoms with Gasteiger partial charge in [0.25, 0.3) is 0 Å². The van der Waals surface area contributed by atoms with E-state index in [1.54, 1.807) is 30.5 Å². The van der Waals surface area contributed by atoms with Crippen LogP contribution in [0.25, 0.3) is 10.8 Å². The summed E-state index contributed by atoms with van der Waals surface area (Å²) >= 11 is 6.34. The van der Waals surface area contributed by atoms with Crippen LogP contribution in [0.5, 0.6) is 11.5 Å². The third kappa shape index (κ3) is 4.14. The minimum Gasteiger partial charge on any atom is -0.456 e. The molecule has 1 amide bonds. The summed E-state index contributed by atoms with van der Waals surface area (Å²) in [6, 6.07) is 19.7. The van der Waals surface area contributed by atoms with Crippen molar-refractivity contribution in [2.45, 2.75) is 0 Å². The molecule has 0 radical (unpaired) electrons. The van der Waals surface area contributed by atoms with Crippen LogP contribution in [-0.2, 0) is 4.79 Å². The normalized spacial score (nSPS) is 10.3. The standard InChI is InChI=1S/C22H14ClN5O2/c23-20-11-17(5-6-21(20)30-19-7-8-25-18(10-19)12-24)27-28(14-29)22-9-15-3-1-2-4-16(15)13-26-22/h1-11,13-14,27H. The van der Waals surface area contributed by atoms with E-state index in [2.05, 4.69) is 15.4 Å². The molecule has 2 heterocycles. The van der Waals surface area contributed by atoms with Crippen LogP contribution < -0.4 is 15.2 Å². The molecule has 0 fully saturated rings. The Kier molecular flexibility index (Phi) is 5.42. The molecule has 0 bridgehead atoms.